The van der Waals surface area contributed by atoms with Crippen LogP contribution in [-0.4, -0.2) is 46.7 Å². The summed E-state index contributed by atoms with van der Waals surface area (Å²) in [5.41, 5.74) is 0. The van der Waals surface area contributed by atoms with E-state index in [-0.39, 0.29) is 18.4 Å². The first-order valence-electron chi connectivity index (χ1n) is 8.18. The van der Waals surface area contributed by atoms with Gasteiger partial charge in [-0.3, -0.25) is 4.79 Å². The molecule has 4 rings (SSSR count). The second-order valence-corrected chi connectivity index (χ2v) is 6.17. The molecule has 1 aromatic heterocycles. The zero-order valence-corrected chi connectivity index (χ0v) is 13.5. The summed E-state index contributed by atoms with van der Waals surface area (Å²) in [6.07, 6.45) is 1.24. The first-order valence-corrected chi connectivity index (χ1v) is 8.18. The fourth-order valence-corrected chi connectivity index (χ4v) is 3.20. The van der Waals surface area contributed by atoms with Gasteiger partial charge in [-0.25, -0.2) is 0 Å². The highest BCUT2D eigenvalue weighted by Crippen LogP contribution is 2.32. The number of hydrogen-bond acceptors (Lipinski definition) is 6. The van der Waals surface area contributed by atoms with Gasteiger partial charge in [0.2, 0.25) is 12.0 Å². The van der Waals surface area contributed by atoms with Crippen molar-refractivity contribution in [1.82, 2.24) is 15.0 Å². The number of likely N-dealkylation sites (tertiary alicyclic amines) is 1. The van der Waals surface area contributed by atoms with Gasteiger partial charge in [-0.2, -0.15) is 4.98 Å². The van der Waals surface area contributed by atoms with E-state index in [4.69, 9.17) is 14.0 Å². The summed E-state index contributed by atoms with van der Waals surface area (Å²) in [5, 5.41) is 3.84. The number of nitrogens with zero attached hydrogens (tertiary/aromatic N) is 3. The lowest BCUT2D eigenvalue weighted by molar-refractivity contribution is -0.142. The van der Waals surface area contributed by atoms with Gasteiger partial charge in [0.1, 0.15) is 6.61 Å². The third-order valence-corrected chi connectivity index (χ3v) is 4.41. The third kappa shape index (κ3) is 2.81. The summed E-state index contributed by atoms with van der Waals surface area (Å²) in [6.45, 7) is 3.31. The fraction of sp³-hybridized carbons (Fsp3) is 0.471. The Bertz CT molecular complexity index is 745. The number of benzene rings is 1. The minimum absolute atomic E-state index is 0.0505. The Balaban J connectivity index is 1.45. The molecule has 2 atom stereocenters. The van der Waals surface area contributed by atoms with Gasteiger partial charge in [-0.15, -0.1) is 0 Å². The van der Waals surface area contributed by atoms with Gasteiger partial charge in [0.25, 0.3) is 5.91 Å². The lowest BCUT2D eigenvalue weighted by atomic mass is 9.97. The van der Waals surface area contributed by atoms with Crippen molar-refractivity contribution in [2.75, 3.05) is 19.7 Å². The summed E-state index contributed by atoms with van der Waals surface area (Å²) < 4.78 is 16.7. The Labute approximate surface area is 139 Å². The molecule has 0 spiro atoms. The Hall–Kier alpha value is -2.57. The van der Waals surface area contributed by atoms with Crippen molar-refractivity contribution < 1.29 is 18.8 Å². The van der Waals surface area contributed by atoms with Gasteiger partial charge in [-0.1, -0.05) is 17.3 Å². The largest absolute Gasteiger partial charge is 0.485 e. The predicted molar refractivity (Wildman–Crippen MR) is 83.9 cm³/mol. The van der Waals surface area contributed by atoms with Crippen LogP contribution in [0.5, 0.6) is 11.5 Å². The molecule has 1 saturated heterocycles. The smallest absolute Gasteiger partial charge is 0.267 e. The molecule has 2 aliphatic heterocycles. The van der Waals surface area contributed by atoms with Crippen LogP contribution in [0.4, 0.5) is 0 Å². The van der Waals surface area contributed by atoms with E-state index in [1.54, 1.807) is 6.92 Å². The second kappa shape index (κ2) is 6.14. The van der Waals surface area contributed by atoms with Crippen LogP contribution in [-0.2, 0) is 4.79 Å². The molecule has 7 heteroatoms. The highest BCUT2D eigenvalue weighted by Gasteiger charge is 2.35. The predicted octanol–water partition coefficient (Wildman–Crippen LogP) is 1.92. The SMILES string of the molecule is Cc1noc([C@H]2CCCN(C(=O)[C@H]3COc4ccccc4O3)C2)n1. The van der Waals surface area contributed by atoms with Crippen molar-refractivity contribution in [2.45, 2.75) is 31.8 Å². The van der Waals surface area contributed by atoms with E-state index in [9.17, 15) is 4.79 Å². The summed E-state index contributed by atoms with van der Waals surface area (Å²) in [4.78, 5) is 18.9. The number of rotatable bonds is 2. The van der Waals surface area contributed by atoms with Crippen LogP contribution in [0.25, 0.3) is 0 Å². The number of amides is 1. The fourth-order valence-electron chi connectivity index (χ4n) is 3.20. The van der Waals surface area contributed by atoms with Gasteiger partial charge in [-0.05, 0) is 31.9 Å². The minimum Gasteiger partial charge on any atom is -0.485 e. The van der Waals surface area contributed by atoms with E-state index in [1.807, 2.05) is 29.2 Å². The molecule has 0 aliphatic carbocycles. The highest BCUT2D eigenvalue weighted by atomic mass is 16.6. The summed E-state index contributed by atoms with van der Waals surface area (Å²) >= 11 is 0. The first kappa shape index (κ1) is 15.0. The molecule has 0 N–H and O–H groups in total. The quantitative estimate of drug-likeness (QED) is 0.838. The van der Waals surface area contributed by atoms with E-state index in [2.05, 4.69) is 10.1 Å². The average molecular weight is 329 g/mol. The van der Waals surface area contributed by atoms with Crippen molar-refractivity contribution in [1.29, 1.82) is 0 Å². The van der Waals surface area contributed by atoms with Crippen LogP contribution < -0.4 is 9.47 Å². The lowest BCUT2D eigenvalue weighted by Gasteiger charge is -2.35. The molecule has 2 aliphatic rings. The van der Waals surface area contributed by atoms with Gasteiger partial charge < -0.3 is 18.9 Å². The number of ether oxygens (including phenoxy) is 2. The van der Waals surface area contributed by atoms with E-state index in [1.165, 1.54) is 0 Å². The maximum atomic E-state index is 12.8. The second-order valence-electron chi connectivity index (χ2n) is 6.17. The number of piperidine rings is 1. The summed E-state index contributed by atoms with van der Waals surface area (Å²) in [5.74, 6) is 2.55. The molecular formula is C17H19N3O4. The third-order valence-electron chi connectivity index (χ3n) is 4.41. The van der Waals surface area contributed by atoms with Crippen LogP contribution in [0.3, 0.4) is 0 Å². The minimum atomic E-state index is -0.608. The average Bonchev–Trinajstić information content (AvgIpc) is 3.07. The Morgan fingerprint density at radius 1 is 1.29 bits per heavy atom. The molecule has 0 radical (unpaired) electrons. The summed E-state index contributed by atoms with van der Waals surface area (Å²) in [7, 11) is 0. The normalized spacial score (nSPS) is 23.1. The van der Waals surface area contributed by atoms with Crippen molar-refractivity contribution in [3.05, 3.63) is 36.0 Å². The molecule has 1 fully saturated rings. The van der Waals surface area contributed by atoms with Crippen LogP contribution >= 0.6 is 0 Å². The van der Waals surface area contributed by atoms with Crippen molar-refractivity contribution in [3.8, 4) is 11.5 Å². The molecule has 7 nitrogen and oxygen atoms in total. The number of carbonyl (C=O) groups is 1. The standard InChI is InChI=1S/C17H19N3O4/c1-11-18-16(24-19-11)12-5-4-8-20(9-12)17(21)15-10-22-13-6-2-3-7-14(13)23-15/h2-3,6-7,12,15H,4-5,8-10H2,1H3/t12-,15+/m0/s1. The van der Waals surface area contributed by atoms with E-state index < -0.39 is 6.10 Å². The first-order chi connectivity index (χ1) is 11.7. The Morgan fingerprint density at radius 2 is 2.12 bits per heavy atom. The topological polar surface area (TPSA) is 77.7 Å². The van der Waals surface area contributed by atoms with E-state index in [0.29, 0.717) is 36.3 Å². The number of aryl methyl sites for hydroxylation is 1. The number of para-hydroxylation sites is 2. The Kier molecular flexibility index (Phi) is 3.84. The van der Waals surface area contributed by atoms with Gasteiger partial charge in [0.15, 0.2) is 17.3 Å². The molecule has 1 amide bonds. The van der Waals surface area contributed by atoms with Crippen LogP contribution in [0.2, 0.25) is 0 Å². The molecule has 3 heterocycles. The summed E-state index contributed by atoms with van der Waals surface area (Å²) in [6, 6.07) is 7.40. The maximum Gasteiger partial charge on any atom is 0.267 e. The van der Waals surface area contributed by atoms with Crippen molar-refractivity contribution in [2.24, 2.45) is 0 Å². The molecule has 0 unspecified atom stereocenters. The van der Waals surface area contributed by atoms with Crippen molar-refractivity contribution >= 4 is 5.91 Å². The van der Waals surface area contributed by atoms with E-state index >= 15 is 0 Å². The maximum absolute atomic E-state index is 12.8. The molecule has 0 saturated carbocycles. The monoisotopic (exact) mass is 329 g/mol. The molecule has 2 aromatic rings. The number of carbonyl (C=O) groups excluding carboxylic acids is 1. The molecule has 126 valence electrons. The number of fused-ring (bicyclic) bond motifs is 1. The molecular weight excluding hydrogens is 310 g/mol. The van der Waals surface area contributed by atoms with Crippen LogP contribution in [0.15, 0.2) is 28.8 Å². The van der Waals surface area contributed by atoms with E-state index in [0.717, 1.165) is 12.8 Å². The zero-order chi connectivity index (χ0) is 16.5. The molecule has 1 aromatic carbocycles. The highest BCUT2D eigenvalue weighted by molar-refractivity contribution is 5.82. The zero-order valence-electron chi connectivity index (χ0n) is 13.5. The number of aromatic nitrogens is 2. The lowest BCUT2D eigenvalue weighted by Crippen LogP contribution is -2.49. The van der Waals surface area contributed by atoms with Crippen LogP contribution in [0.1, 0.15) is 30.5 Å². The Morgan fingerprint density at radius 3 is 2.92 bits per heavy atom. The van der Waals surface area contributed by atoms with Crippen molar-refractivity contribution in [3.63, 3.8) is 0 Å². The van der Waals surface area contributed by atoms with Gasteiger partial charge >= 0.3 is 0 Å². The molecule has 0 bridgehead atoms. The van der Waals surface area contributed by atoms with Gasteiger partial charge in [0, 0.05) is 13.1 Å². The molecule has 24 heavy (non-hydrogen) atoms. The van der Waals surface area contributed by atoms with Crippen LogP contribution in [0, 0.1) is 6.92 Å². The number of hydrogen-bond donors (Lipinski definition) is 0. The van der Waals surface area contributed by atoms with Gasteiger partial charge in [0.05, 0.1) is 5.92 Å².